The number of halogens is 2. The average molecular weight is 569 g/mol. The third-order valence-corrected chi connectivity index (χ3v) is 8.41. The summed E-state index contributed by atoms with van der Waals surface area (Å²) >= 11 is 8.40. The van der Waals surface area contributed by atoms with E-state index < -0.39 is 17.8 Å². The molecule has 0 aliphatic heterocycles. The molecule has 0 bridgehead atoms. The number of methoxy groups -OCH3 is 1. The van der Waals surface area contributed by atoms with Crippen LogP contribution < -0.4 is 10.1 Å². The number of hydrogen-bond acceptors (Lipinski definition) is 10. The lowest BCUT2D eigenvalue weighted by Gasteiger charge is -2.14. The number of anilines is 1. The van der Waals surface area contributed by atoms with Gasteiger partial charge in [-0.1, -0.05) is 40.8 Å². The van der Waals surface area contributed by atoms with Crippen LogP contribution in [0.3, 0.4) is 0 Å². The number of pyridine rings is 2. The number of aromatic nitrogens is 4. The molecule has 192 valence electrons. The zero-order valence-electron chi connectivity index (χ0n) is 19.9. The van der Waals surface area contributed by atoms with E-state index in [1.807, 2.05) is 6.07 Å². The predicted molar refractivity (Wildman–Crippen MR) is 141 cm³/mol. The number of fused-ring (bicyclic) bond motifs is 1. The summed E-state index contributed by atoms with van der Waals surface area (Å²) in [5, 5.41) is 30.4. The summed E-state index contributed by atoms with van der Waals surface area (Å²) in [7, 11) is 1.37. The Morgan fingerprint density at radius 2 is 2.13 bits per heavy atom. The highest BCUT2D eigenvalue weighted by Crippen LogP contribution is 2.43. The minimum atomic E-state index is -0.821. The monoisotopic (exact) mass is 568 g/mol. The third kappa shape index (κ3) is 4.93. The maximum Gasteiger partial charge on any atom is 0.259 e. The van der Waals surface area contributed by atoms with Crippen LogP contribution in [-0.4, -0.2) is 43.5 Å². The van der Waals surface area contributed by atoms with Crippen LogP contribution in [0.5, 0.6) is 5.75 Å². The predicted octanol–water partition coefficient (Wildman–Crippen LogP) is 4.98. The summed E-state index contributed by atoms with van der Waals surface area (Å²) in [6.45, 7) is 1.71. The molecule has 13 heteroatoms. The number of ether oxygens (including phenoxy) is 1. The topological polar surface area (TPSA) is 134 Å². The molecular weight excluding hydrogens is 551 g/mol. The van der Waals surface area contributed by atoms with Gasteiger partial charge in [0.25, 0.3) is 5.91 Å². The standard InChI is InChI=1S/C25H18ClFN6O3S2/c1-11-5-15(19-17(36-2)10-30-22(26)20(19)27)16(9-29-11)23(35)31-24-32-33-25(38-24)37-18-7-13-4-3-12(8-28)6-14(13)21(18)34/h3-6,9-10,18,21,34H,7H2,1-2H3,(H,31,32,35)/t18-,21-/m0/s1. The Morgan fingerprint density at radius 1 is 1.32 bits per heavy atom. The van der Waals surface area contributed by atoms with Crippen molar-refractivity contribution in [2.45, 2.75) is 29.0 Å². The van der Waals surface area contributed by atoms with Crippen LogP contribution in [0.15, 0.2) is 41.0 Å². The molecule has 0 fully saturated rings. The molecule has 38 heavy (non-hydrogen) atoms. The van der Waals surface area contributed by atoms with Crippen molar-refractivity contribution in [2.75, 3.05) is 12.4 Å². The second-order valence-corrected chi connectivity index (χ2v) is 11.2. The number of aliphatic hydroxyl groups is 1. The van der Waals surface area contributed by atoms with Crippen molar-refractivity contribution in [1.29, 1.82) is 5.26 Å². The van der Waals surface area contributed by atoms with Crippen molar-refractivity contribution in [3.05, 3.63) is 75.6 Å². The number of nitriles is 1. The first-order chi connectivity index (χ1) is 18.3. The molecule has 1 aliphatic carbocycles. The number of aliphatic hydroxyl groups excluding tert-OH is 1. The molecule has 9 nitrogen and oxygen atoms in total. The lowest BCUT2D eigenvalue weighted by atomic mass is 10.00. The molecule has 4 aromatic rings. The Labute approximate surface area is 229 Å². The van der Waals surface area contributed by atoms with Gasteiger partial charge in [-0.15, -0.1) is 10.2 Å². The third-order valence-electron chi connectivity index (χ3n) is 5.96. The number of nitrogens with zero attached hydrogens (tertiary/aromatic N) is 5. The molecule has 1 aliphatic rings. The van der Waals surface area contributed by atoms with Crippen molar-refractivity contribution in [3.8, 4) is 22.9 Å². The van der Waals surface area contributed by atoms with Crippen LogP contribution >= 0.6 is 34.7 Å². The number of nitrogens with one attached hydrogen (secondary N) is 1. The molecule has 5 rings (SSSR count). The fourth-order valence-electron chi connectivity index (χ4n) is 4.16. The van der Waals surface area contributed by atoms with Gasteiger partial charge in [0.2, 0.25) is 5.13 Å². The summed E-state index contributed by atoms with van der Waals surface area (Å²) in [5.41, 5.74) is 3.06. The van der Waals surface area contributed by atoms with Gasteiger partial charge in [-0.3, -0.25) is 15.1 Å². The van der Waals surface area contributed by atoms with Crippen LogP contribution in [0.2, 0.25) is 5.15 Å². The summed E-state index contributed by atoms with van der Waals surface area (Å²) in [4.78, 5) is 21.2. The second kappa shape index (κ2) is 10.6. The van der Waals surface area contributed by atoms with Crippen LogP contribution in [0, 0.1) is 24.1 Å². The Kier molecular flexibility index (Phi) is 7.27. The number of rotatable bonds is 6. The number of thioether (sulfide) groups is 1. The van der Waals surface area contributed by atoms with Gasteiger partial charge in [0.1, 0.15) is 5.75 Å². The largest absolute Gasteiger partial charge is 0.494 e. The van der Waals surface area contributed by atoms with E-state index in [1.54, 1.807) is 25.1 Å². The fraction of sp³-hybridized carbons (Fsp3) is 0.200. The molecule has 0 saturated heterocycles. The van der Waals surface area contributed by atoms with E-state index >= 15 is 4.39 Å². The minimum absolute atomic E-state index is 0.00833. The van der Waals surface area contributed by atoms with E-state index in [0.29, 0.717) is 22.0 Å². The zero-order valence-corrected chi connectivity index (χ0v) is 22.3. The first kappa shape index (κ1) is 26.0. The summed E-state index contributed by atoms with van der Waals surface area (Å²) in [6, 6.07) is 8.93. The zero-order chi connectivity index (χ0) is 27.0. The van der Waals surface area contributed by atoms with Gasteiger partial charge in [0.05, 0.1) is 42.2 Å². The van der Waals surface area contributed by atoms with Gasteiger partial charge in [0, 0.05) is 22.7 Å². The van der Waals surface area contributed by atoms with E-state index in [-0.39, 0.29) is 38.0 Å². The smallest absolute Gasteiger partial charge is 0.259 e. The average Bonchev–Trinajstić information content (AvgIpc) is 3.48. The molecule has 3 heterocycles. The number of aryl methyl sites for hydroxylation is 1. The van der Waals surface area contributed by atoms with Gasteiger partial charge in [-0.2, -0.15) is 5.26 Å². The maximum atomic E-state index is 15.0. The Hall–Kier alpha value is -3.63. The quantitative estimate of drug-likeness (QED) is 0.244. The first-order valence-electron chi connectivity index (χ1n) is 11.2. The number of hydrogen-bond donors (Lipinski definition) is 2. The van der Waals surface area contributed by atoms with Crippen molar-refractivity contribution in [3.63, 3.8) is 0 Å². The van der Waals surface area contributed by atoms with Crippen LogP contribution in [0.25, 0.3) is 11.1 Å². The molecule has 2 N–H and O–H groups in total. The highest BCUT2D eigenvalue weighted by Gasteiger charge is 2.33. The van der Waals surface area contributed by atoms with E-state index in [0.717, 1.165) is 22.5 Å². The summed E-state index contributed by atoms with van der Waals surface area (Å²) < 4.78 is 20.8. The first-order valence-corrected chi connectivity index (χ1v) is 13.2. The van der Waals surface area contributed by atoms with Crippen molar-refractivity contribution < 1.29 is 19.0 Å². The molecule has 0 unspecified atom stereocenters. The van der Waals surface area contributed by atoms with Crippen molar-refractivity contribution in [2.24, 2.45) is 0 Å². The lowest BCUT2D eigenvalue weighted by molar-refractivity contribution is 0.102. The number of benzene rings is 1. The molecular formula is C25H18ClFN6O3S2. The number of carbonyl (C=O) groups excluding carboxylic acids is 1. The van der Waals surface area contributed by atoms with Gasteiger partial charge < -0.3 is 9.84 Å². The summed E-state index contributed by atoms with van der Waals surface area (Å²) in [5.74, 6) is -1.29. The van der Waals surface area contributed by atoms with Gasteiger partial charge in [0.15, 0.2) is 15.3 Å². The molecule has 1 amide bonds. The van der Waals surface area contributed by atoms with E-state index in [2.05, 4.69) is 31.6 Å². The van der Waals surface area contributed by atoms with Crippen molar-refractivity contribution in [1.82, 2.24) is 20.2 Å². The van der Waals surface area contributed by atoms with Crippen LogP contribution in [0.4, 0.5) is 9.52 Å². The van der Waals surface area contributed by atoms with E-state index in [1.165, 1.54) is 31.3 Å². The fourth-order valence-corrected chi connectivity index (χ4v) is 6.46. The molecule has 0 spiro atoms. The maximum absolute atomic E-state index is 15.0. The Balaban J connectivity index is 1.36. The molecule has 2 atom stereocenters. The molecule has 0 saturated carbocycles. The Morgan fingerprint density at radius 3 is 2.89 bits per heavy atom. The number of amides is 1. The van der Waals surface area contributed by atoms with Crippen LogP contribution in [-0.2, 0) is 6.42 Å². The SMILES string of the molecule is COc1cnc(Cl)c(F)c1-c1cc(C)ncc1C(=O)Nc1nnc(S[C@H]2Cc3ccc(C#N)cc3[C@@H]2O)s1. The van der Waals surface area contributed by atoms with Crippen molar-refractivity contribution >= 4 is 45.7 Å². The summed E-state index contributed by atoms with van der Waals surface area (Å²) in [6.07, 6.45) is 2.46. The Bertz CT molecular complexity index is 1610. The van der Waals surface area contributed by atoms with E-state index in [9.17, 15) is 9.90 Å². The van der Waals surface area contributed by atoms with Gasteiger partial charge in [-0.25, -0.2) is 9.37 Å². The molecule has 1 aromatic carbocycles. The normalized spacial score (nSPS) is 16.1. The highest BCUT2D eigenvalue weighted by atomic mass is 35.5. The van der Waals surface area contributed by atoms with Gasteiger partial charge in [-0.05, 0) is 42.7 Å². The highest BCUT2D eigenvalue weighted by molar-refractivity contribution is 8.01. The van der Waals surface area contributed by atoms with Gasteiger partial charge >= 0.3 is 0 Å². The molecule has 3 aromatic heterocycles. The molecule has 0 radical (unpaired) electrons. The van der Waals surface area contributed by atoms with Crippen LogP contribution in [0.1, 0.15) is 38.8 Å². The van der Waals surface area contributed by atoms with E-state index in [4.69, 9.17) is 21.6 Å². The number of carbonyl (C=O) groups is 1. The minimum Gasteiger partial charge on any atom is -0.494 e. The second-order valence-electron chi connectivity index (χ2n) is 8.34. The lowest BCUT2D eigenvalue weighted by Crippen LogP contribution is -2.14.